The summed E-state index contributed by atoms with van der Waals surface area (Å²) in [5.74, 6) is -1.58. The van der Waals surface area contributed by atoms with Crippen LogP contribution in [0, 0.1) is 28.9 Å². The number of aromatic amines is 1. The number of nitrogens with one attached hydrogen (secondary N) is 1. The maximum atomic E-state index is 15.4. The number of nitrogens with zero attached hydrogens (tertiary/aromatic N) is 3. The summed E-state index contributed by atoms with van der Waals surface area (Å²) >= 11 is 0. The van der Waals surface area contributed by atoms with Gasteiger partial charge in [0.2, 0.25) is 0 Å². The minimum absolute atomic E-state index is 0.0127. The number of benzene rings is 2. The van der Waals surface area contributed by atoms with E-state index in [1.165, 1.54) is 0 Å². The molecule has 0 amide bonds. The van der Waals surface area contributed by atoms with Gasteiger partial charge in [-0.05, 0) is 24.0 Å². The molecule has 190 valence electrons. The third kappa shape index (κ3) is 4.90. The minimum Gasteiger partial charge on any atom is -0.492 e. The number of aromatic nitrogens is 1. The lowest BCUT2D eigenvalue weighted by Gasteiger charge is -2.38. The van der Waals surface area contributed by atoms with Crippen molar-refractivity contribution in [2.75, 3.05) is 39.3 Å². The van der Waals surface area contributed by atoms with E-state index in [1.807, 2.05) is 12.1 Å². The maximum absolute atomic E-state index is 15.4. The van der Waals surface area contributed by atoms with Crippen LogP contribution in [-0.2, 0) is 6.42 Å². The first-order chi connectivity index (χ1) is 17.2. The summed E-state index contributed by atoms with van der Waals surface area (Å²) in [5.41, 5.74) is 1.44. The normalized spacial score (nSPS) is 19.2. The lowest BCUT2D eigenvalue weighted by Crippen LogP contribution is -2.47. The average molecular weight is 505 g/mol. The van der Waals surface area contributed by atoms with E-state index in [0.29, 0.717) is 36.5 Å². The third-order valence-electron chi connectivity index (χ3n) is 6.93. The molecule has 3 heterocycles. The molecule has 36 heavy (non-hydrogen) atoms. The fourth-order valence-electron chi connectivity index (χ4n) is 5.33. The van der Waals surface area contributed by atoms with Gasteiger partial charge in [-0.15, -0.1) is 0 Å². The van der Waals surface area contributed by atoms with Crippen LogP contribution in [0.3, 0.4) is 0 Å². The van der Waals surface area contributed by atoms with Crippen LogP contribution in [0.1, 0.15) is 29.3 Å². The van der Waals surface area contributed by atoms with E-state index >= 15 is 8.78 Å². The lowest BCUT2D eigenvalue weighted by molar-refractivity contribution is -0.150. The molecule has 2 aliphatic heterocycles. The Bertz CT molecular complexity index is 1270. The summed E-state index contributed by atoms with van der Waals surface area (Å²) in [6, 6.07) is 10.2. The highest BCUT2D eigenvalue weighted by Crippen LogP contribution is 2.42. The molecule has 1 saturated heterocycles. The van der Waals surface area contributed by atoms with Crippen LogP contribution in [0.2, 0.25) is 0 Å². The van der Waals surface area contributed by atoms with Gasteiger partial charge in [-0.1, -0.05) is 18.2 Å². The molecule has 3 aromatic rings. The number of hydrogen-bond donors (Lipinski definition) is 1. The van der Waals surface area contributed by atoms with Gasteiger partial charge in [0.05, 0.1) is 18.7 Å². The number of rotatable bonds is 7. The van der Waals surface area contributed by atoms with Gasteiger partial charge < -0.3 is 9.72 Å². The second kappa shape index (κ2) is 9.71. The van der Waals surface area contributed by atoms with Crippen molar-refractivity contribution in [3.05, 3.63) is 64.9 Å². The van der Waals surface area contributed by atoms with Crippen molar-refractivity contribution < 1.29 is 26.7 Å². The second-order valence-corrected chi connectivity index (χ2v) is 9.44. The monoisotopic (exact) mass is 504 g/mol. The van der Waals surface area contributed by atoms with Crippen molar-refractivity contribution in [3.8, 4) is 11.8 Å². The van der Waals surface area contributed by atoms with Crippen LogP contribution in [0.4, 0.5) is 22.0 Å². The Kier molecular flexibility index (Phi) is 6.62. The Labute approximate surface area is 205 Å². The SMILES string of the molecule is N#CCC1CN(CCOc2cc(F)c([C@@H]3c4[nH]c5ccccc5c4CCN3CC(F)(F)F)c(F)c2)C1. The van der Waals surface area contributed by atoms with Gasteiger partial charge in [0.15, 0.2) is 0 Å². The summed E-state index contributed by atoms with van der Waals surface area (Å²) in [4.78, 5) is 6.27. The number of halogens is 5. The molecule has 2 aromatic carbocycles. The van der Waals surface area contributed by atoms with Crippen LogP contribution >= 0.6 is 0 Å². The molecule has 0 unspecified atom stereocenters. The van der Waals surface area contributed by atoms with E-state index in [0.717, 1.165) is 41.1 Å². The van der Waals surface area contributed by atoms with Crippen LogP contribution in [-0.4, -0.2) is 60.3 Å². The topological polar surface area (TPSA) is 55.3 Å². The van der Waals surface area contributed by atoms with Crippen molar-refractivity contribution in [2.24, 2.45) is 5.92 Å². The number of fused-ring (bicyclic) bond motifs is 3. The van der Waals surface area contributed by atoms with E-state index < -0.39 is 36.0 Å². The lowest BCUT2D eigenvalue weighted by atomic mass is 9.91. The zero-order valence-corrected chi connectivity index (χ0v) is 19.4. The first-order valence-electron chi connectivity index (χ1n) is 11.8. The van der Waals surface area contributed by atoms with Crippen molar-refractivity contribution >= 4 is 10.9 Å². The van der Waals surface area contributed by atoms with E-state index in [1.54, 1.807) is 12.1 Å². The van der Waals surface area contributed by atoms with E-state index in [4.69, 9.17) is 10.00 Å². The van der Waals surface area contributed by atoms with Gasteiger partial charge >= 0.3 is 6.18 Å². The summed E-state index contributed by atoms with van der Waals surface area (Å²) in [6.07, 6.45) is -3.69. The molecule has 1 N–H and O–H groups in total. The molecule has 0 saturated carbocycles. The first kappa shape index (κ1) is 24.5. The average Bonchev–Trinajstić information content (AvgIpc) is 3.16. The van der Waals surface area contributed by atoms with Crippen LogP contribution in [0.25, 0.3) is 10.9 Å². The van der Waals surface area contributed by atoms with Crippen molar-refractivity contribution in [2.45, 2.75) is 25.1 Å². The van der Waals surface area contributed by atoms with Crippen molar-refractivity contribution in [1.82, 2.24) is 14.8 Å². The summed E-state index contributed by atoms with van der Waals surface area (Å²) in [6.45, 7) is 1.04. The molecule has 5 nitrogen and oxygen atoms in total. The Balaban J connectivity index is 1.40. The maximum Gasteiger partial charge on any atom is 0.401 e. The summed E-state index contributed by atoms with van der Waals surface area (Å²) in [7, 11) is 0. The molecule has 1 fully saturated rings. The number of likely N-dealkylation sites (tertiary alicyclic amines) is 1. The number of nitriles is 1. The number of alkyl halides is 3. The molecule has 0 spiro atoms. The quantitative estimate of drug-likeness (QED) is 0.451. The second-order valence-electron chi connectivity index (χ2n) is 9.44. The molecule has 0 aliphatic carbocycles. The predicted octanol–water partition coefficient (Wildman–Crippen LogP) is 5.18. The van der Waals surface area contributed by atoms with Crippen LogP contribution in [0.5, 0.6) is 5.75 Å². The Morgan fingerprint density at radius 3 is 2.53 bits per heavy atom. The molecule has 1 aromatic heterocycles. The third-order valence-corrected chi connectivity index (χ3v) is 6.93. The van der Waals surface area contributed by atoms with E-state index in [-0.39, 0.29) is 18.9 Å². The van der Waals surface area contributed by atoms with E-state index in [2.05, 4.69) is 16.0 Å². The molecule has 2 aliphatic rings. The number of para-hydroxylation sites is 1. The minimum atomic E-state index is -4.53. The molecule has 10 heteroatoms. The van der Waals surface area contributed by atoms with Crippen molar-refractivity contribution in [1.29, 1.82) is 5.26 Å². The van der Waals surface area contributed by atoms with Gasteiger partial charge in [-0.2, -0.15) is 18.4 Å². The van der Waals surface area contributed by atoms with Gasteiger partial charge in [0, 0.05) is 66.9 Å². The molecule has 5 rings (SSSR count). The van der Waals surface area contributed by atoms with E-state index in [9.17, 15) is 13.2 Å². The molecular weight excluding hydrogens is 479 g/mol. The highest BCUT2D eigenvalue weighted by atomic mass is 19.4. The van der Waals surface area contributed by atoms with Crippen molar-refractivity contribution in [3.63, 3.8) is 0 Å². The van der Waals surface area contributed by atoms with Gasteiger partial charge in [0.25, 0.3) is 0 Å². The summed E-state index contributed by atoms with van der Waals surface area (Å²) < 4.78 is 76.5. The highest BCUT2D eigenvalue weighted by molar-refractivity contribution is 5.85. The number of H-pyrrole nitrogens is 1. The first-order valence-corrected chi connectivity index (χ1v) is 11.8. The standard InChI is InChI=1S/C26H25F5N4O/c27-20-11-17(36-10-9-34-13-16(14-34)5-7-32)12-21(28)23(20)25-24-19(6-8-35(25)15-26(29,30)31)18-3-1-2-4-22(18)33-24/h1-4,11-12,16,25,33H,5-6,8-10,13-15H2/t25-/m1/s1. The number of ether oxygens (including phenoxy) is 1. The summed E-state index contributed by atoms with van der Waals surface area (Å²) in [5, 5.41) is 9.56. The van der Waals surface area contributed by atoms with Gasteiger partial charge in [-0.3, -0.25) is 9.80 Å². The number of hydrogen-bond acceptors (Lipinski definition) is 4. The zero-order chi connectivity index (χ0) is 25.4. The van der Waals surface area contributed by atoms with Gasteiger partial charge in [-0.25, -0.2) is 8.78 Å². The zero-order valence-electron chi connectivity index (χ0n) is 19.4. The fraction of sp³-hybridized carbons (Fsp3) is 0.423. The van der Waals surface area contributed by atoms with Crippen LogP contribution < -0.4 is 4.74 Å². The molecule has 0 bridgehead atoms. The molecular formula is C26H25F5N4O. The highest BCUT2D eigenvalue weighted by Gasteiger charge is 2.41. The Morgan fingerprint density at radius 2 is 1.83 bits per heavy atom. The Morgan fingerprint density at radius 1 is 1.11 bits per heavy atom. The Hall–Kier alpha value is -3.16. The molecule has 1 atom stereocenters. The fourth-order valence-corrected chi connectivity index (χ4v) is 5.33. The van der Waals surface area contributed by atoms with Crippen LogP contribution in [0.15, 0.2) is 36.4 Å². The van der Waals surface area contributed by atoms with Gasteiger partial charge in [0.1, 0.15) is 24.0 Å². The predicted molar refractivity (Wildman–Crippen MR) is 123 cm³/mol. The molecule has 0 radical (unpaired) electrons. The largest absolute Gasteiger partial charge is 0.492 e. The smallest absolute Gasteiger partial charge is 0.401 e.